The molecule has 1 amide bonds. The molecule has 10 nitrogen and oxygen atoms in total. The van der Waals surface area contributed by atoms with E-state index in [0.717, 1.165) is 23.9 Å². The Hall–Kier alpha value is -3.69. The average molecular weight is 361 g/mol. The lowest BCUT2D eigenvalue weighted by Crippen LogP contribution is -2.31. The number of benzene rings is 1. The largest absolute Gasteiger partial charge is 0.497 e. The van der Waals surface area contributed by atoms with Crippen LogP contribution in [0.3, 0.4) is 0 Å². The van der Waals surface area contributed by atoms with Gasteiger partial charge in [0.05, 0.1) is 25.3 Å². The van der Waals surface area contributed by atoms with Gasteiger partial charge in [-0.25, -0.2) is 4.79 Å². The standard InChI is InChI=1S/C16H15N3O7/c1-25-12-5-3-4-10(6-12)17-14(20)9-18-8-11(19(23)24)7-13(15(18)21)16(22)26-2/h3-8H,9H2,1-2H3,(H,17,20). The number of aromatic nitrogens is 1. The topological polar surface area (TPSA) is 130 Å². The Morgan fingerprint density at radius 1 is 1.27 bits per heavy atom. The molecule has 136 valence electrons. The van der Waals surface area contributed by atoms with Crippen molar-refractivity contribution >= 4 is 23.3 Å². The second-order valence-corrected chi connectivity index (χ2v) is 5.07. The van der Waals surface area contributed by atoms with Crippen LogP contribution in [0.5, 0.6) is 5.75 Å². The van der Waals surface area contributed by atoms with Crippen molar-refractivity contribution < 1.29 is 24.0 Å². The number of hydrogen-bond acceptors (Lipinski definition) is 7. The zero-order valence-electron chi connectivity index (χ0n) is 13.9. The van der Waals surface area contributed by atoms with Crippen molar-refractivity contribution in [2.45, 2.75) is 6.54 Å². The first-order valence-electron chi connectivity index (χ1n) is 7.26. The Balaban J connectivity index is 2.31. The molecule has 1 N–H and O–H groups in total. The highest BCUT2D eigenvalue weighted by Crippen LogP contribution is 2.17. The Kier molecular flexibility index (Phi) is 5.68. The van der Waals surface area contributed by atoms with Crippen LogP contribution in [0, 0.1) is 10.1 Å². The maximum Gasteiger partial charge on any atom is 0.343 e. The van der Waals surface area contributed by atoms with E-state index in [-0.39, 0.29) is 0 Å². The van der Waals surface area contributed by atoms with Crippen LogP contribution in [0.15, 0.2) is 41.3 Å². The minimum absolute atomic E-state index is 0.418. The maximum atomic E-state index is 12.3. The summed E-state index contributed by atoms with van der Waals surface area (Å²) in [6.45, 7) is -0.526. The Labute approximate surface area is 147 Å². The van der Waals surface area contributed by atoms with Crippen LogP contribution in [0.25, 0.3) is 0 Å². The molecule has 10 heteroatoms. The van der Waals surface area contributed by atoms with Gasteiger partial charge in [0.2, 0.25) is 5.91 Å². The van der Waals surface area contributed by atoms with Crippen LogP contribution in [-0.4, -0.2) is 35.6 Å². The fourth-order valence-electron chi connectivity index (χ4n) is 2.15. The van der Waals surface area contributed by atoms with Gasteiger partial charge >= 0.3 is 5.97 Å². The number of methoxy groups -OCH3 is 2. The molecule has 0 radical (unpaired) electrons. The van der Waals surface area contributed by atoms with Crippen LogP contribution in [-0.2, 0) is 16.1 Å². The maximum absolute atomic E-state index is 12.3. The average Bonchev–Trinajstić information content (AvgIpc) is 2.62. The van der Waals surface area contributed by atoms with Gasteiger partial charge in [0.25, 0.3) is 11.2 Å². The van der Waals surface area contributed by atoms with Crippen molar-refractivity contribution in [3.8, 4) is 5.75 Å². The lowest BCUT2D eigenvalue weighted by Gasteiger charge is -2.09. The van der Waals surface area contributed by atoms with Gasteiger partial charge in [0.1, 0.15) is 17.9 Å². The molecular weight excluding hydrogens is 346 g/mol. The molecule has 0 atom stereocenters. The molecule has 2 rings (SSSR count). The molecule has 0 aliphatic rings. The van der Waals surface area contributed by atoms with Crippen LogP contribution in [0.2, 0.25) is 0 Å². The minimum atomic E-state index is -1.03. The summed E-state index contributed by atoms with van der Waals surface area (Å²) < 4.78 is 10.3. The summed E-state index contributed by atoms with van der Waals surface area (Å²) >= 11 is 0. The first kappa shape index (κ1) is 18.6. The lowest BCUT2D eigenvalue weighted by atomic mass is 10.2. The predicted molar refractivity (Wildman–Crippen MR) is 90.3 cm³/mol. The molecule has 0 spiro atoms. The van der Waals surface area contributed by atoms with Gasteiger partial charge in [-0.15, -0.1) is 0 Å². The van der Waals surface area contributed by atoms with E-state index in [0.29, 0.717) is 11.4 Å². The summed E-state index contributed by atoms with van der Waals surface area (Å²) in [5.41, 5.74) is -1.50. The van der Waals surface area contributed by atoms with Gasteiger partial charge in [0.15, 0.2) is 0 Å². The Bertz CT molecular complexity index is 920. The van der Waals surface area contributed by atoms with Crippen molar-refractivity contribution in [1.82, 2.24) is 4.57 Å². The van der Waals surface area contributed by atoms with Crippen LogP contribution >= 0.6 is 0 Å². The monoisotopic (exact) mass is 361 g/mol. The SMILES string of the molecule is COC(=O)c1cc([N+](=O)[O-])cn(CC(=O)Nc2cccc(OC)c2)c1=O. The summed E-state index contributed by atoms with van der Waals surface area (Å²) in [6, 6.07) is 7.32. The lowest BCUT2D eigenvalue weighted by molar-refractivity contribution is -0.385. The zero-order chi connectivity index (χ0) is 19.3. The molecule has 0 saturated carbocycles. The number of nitro groups is 1. The van der Waals surface area contributed by atoms with Crippen LogP contribution < -0.4 is 15.6 Å². The molecule has 0 fully saturated rings. The van der Waals surface area contributed by atoms with Gasteiger partial charge in [-0.2, -0.15) is 0 Å². The van der Waals surface area contributed by atoms with Crippen molar-refractivity contribution in [3.05, 3.63) is 62.6 Å². The van der Waals surface area contributed by atoms with E-state index in [4.69, 9.17) is 4.74 Å². The number of hydrogen-bond donors (Lipinski definition) is 1. The molecule has 0 aliphatic heterocycles. The number of carbonyl (C=O) groups is 2. The quantitative estimate of drug-likeness (QED) is 0.464. The number of nitrogens with one attached hydrogen (secondary N) is 1. The van der Waals surface area contributed by atoms with Crippen LogP contribution in [0.4, 0.5) is 11.4 Å². The molecule has 2 aromatic rings. The number of carbonyl (C=O) groups excluding carboxylic acids is 2. The highest BCUT2D eigenvalue weighted by atomic mass is 16.6. The van der Waals surface area contributed by atoms with Crippen molar-refractivity contribution in [2.24, 2.45) is 0 Å². The van der Waals surface area contributed by atoms with E-state index in [9.17, 15) is 24.5 Å². The van der Waals surface area contributed by atoms with Crippen molar-refractivity contribution in [2.75, 3.05) is 19.5 Å². The van der Waals surface area contributed by atoms with Gasteiger partial charge in [-0.05, 0) is 12.1 Å². The number of rotatable bonds is 6. The smallest absolute Gasteiger partial charge is 0.343 e. The summed E-state index contributed by atoms with van der Waals surface area (Å²) in [4.78, 5) is 46.3. The number of esters is 1. The van der Waals surface area contributed by atoms with Gasteiger partial charge in [-0.1, -0.05) is 6.07 Å². The third kappa shape index (κ3) is 4.23. The number of ether oxygens (including phenoxy) is 2. The van der Waals surface area contributed by atoms with E-state index in [2.05, 4.69) is 10.1 Å². The van der Waals surface area contributed by atoms with Crippen molar-refractivity contribution in [1.29, 1.82) is 0 Å². The Morgan fingerprint density at radius 2 is 2.00 bits per heavy atom. The summed E-state index contributed by atoms with van der Waals surface area (Å²) in [5, 5.41) is 13.5. The minimum Gasteiger partial charge on any atom is -0.497 e. The molecule has 1 aromatic carbocycles. The molecule has 0 bridgehead atoms. The number of nitrogens with zero attached hydrogens (tertiary/aromatic N) is 2. The molecule has 0 saturated heterocycles. The van der Waals surface area contributed by atoms with Crippen LogP contribution in [0.1, 0.15) is 10.4 Å². The molecule has 0 aliphatic carbocycles. The first-order chi connectivity index (χ1) is 12.3. The molecule has 0 unspecified atom stereocenters. The van der Waals surface area contributed by atoms with Crippen molar-refractivity contribution in [3.63, 3.8) is 0 Å². The highest BCUT2D eigenvalue weighted by Gasteiger charge is 2.20. The van der Waals surface area contributed by atoms with E-state index >= 15 is 0 Å². The fourth-order valence-corrected chi connectivity index (χ4v) is 2.15. The van der Waals surface area contributed by atoms with E-state index in [1.165, 1.54) is 7.11 Å². The molecule has 26 heavy (non-hydrogen) atoms. The fraction of sp³-hybridized carbons (Fsp3) is 0.188. The summed E-state index contributed by atoms with van der Waals surface area (Å²) in [7, 11) is 2.51. The summed E-state index contributed by atoms with van der Waals surface area (Å²) in [5.74, 6) is -1.12. The normalized spacial score (nSPS) is 10.1. The number of amides is 1. The second-order valence-electron chi connectivity index (χ2n) is 5.07. The Morgan fingerprint density at radius 3 is 2.62 bits per heavy atom. The predicted octanol–water partition coefficient (Wildman–Crippen LogP) is 1.19. The molecule has 1 heterocycles. The van der Waals surface area contributed by atoms with E-state index in [1.54, 1.807) is 24.3 Å². The first-order valence-corrected chi connectivity index (χ1v) is 7.26. The zero-order valence-corrected chi connectivity index (χ0v) is 13.9. The van der Waals surface area contributed by atoms with Gasteiger partial charge in [-0.3, -0.25) is 24.3 Å². The number of anilines is 1. The number of pyridine rings is 1. The summed E-state index contributed by atoms with van der Waals surface area (Å²) in [6.07, 6.45) is 0.889. The van der Waals surface area contributed by atoms with E-state index < -0.39 is 40.2 Å². The van der Waals surface area contributed by atoms with Gasteiger partial charge in [0, 0.05) is 17.8 Å². The van der Waals surface area contributed by atoms with Gasteiger partial charge < -0.3 is 14.8 Å². The third-order valence-corrected chi connectivity index (χ3v) is 3.36. The molecular formula is C16H15N3O7. The molecule has 1 aromatic heterocycles. The third-order valence-electron chi connectivity index (χ3n) is 3.36. The highest BCUT2D eigenvalue weighted by molar-refractivity contribution is 5.91. The van der Waals surface area contributed by atoms with E-state index in [1.807, 2.05) is 0 Å². The second kappa shape index (κ2) is 7.92.